The molecule has 188 valence electrons. The maximum atomic E-state index is 12.3. The second-order valence-electron chi connectivity index (χ2n) is 8.10. The van der Waals surface area contributed by atoms with E-state index in [1.807, 2.05) is 60.7 Å². The third-order valence-corrected chi connectivity index (χ3v) is 5.32. The number of carbonyl (C=O) groups is 2. The topological polar surface area (TPSA) is 102 Å². The number of esters is 1. The highest BCUT2D eigenvalue weighted by Gasteiger charge is 2.10. The predicted octanol–water partition coefficient (Wildman–Crippen LogP) is 5.70. The van der Waals surface area contributed by atoms with Crippen molar-refractivity contribution >= 4 is 24.0 Å². The number of nitrogens with zero attached hydrogens (tertiary/aromatic N) is 1. The first-order valence-electron chi connectivity index (χ1n) is 11.8. The van der Waals surface area contributed by atoms with Gasteiger partial charge < -0.3 is 19.2 Å². The van der Waals surface area contributed by atoms with Crippen molar-refractivity contribution in [3.05, 3.63) is 131 Å². The Kier molecular flexibility index (Phi) is 8.87. The minimum atomic E-state index is -0.535. The van der Waals surface area contributed by atoms with E-state index in [9.17, 15) is 14.9 Å². The molecule has 7 heteroatoms. The van der Waals surface area contributed by atoms with E-state index in [4.69, 9.17) is 13.9 Å². The standard InChI is InChI=1S/C31H24N2O5/c32-20-26(31(35)33-21-29-7-4-18-36-29)19-24-10-15-28(16-11-24)38-30(34)17-12-23-8-13-27(14-9-23)37-22-25-5-2-1-3-6-25/h1-19H,21-22H2,(H,33,35)/b17-12+,26-19+. The molecule has 0 saturated carbocycles. The van der Waals surface area contributed by atoms with Gasteiger partial charge in [0.15, 0.2) is 0 Å². The molecule has 0 unspecified atom stereocenters. The van der Waals surface area contributed by atoms with Crippen molar-refractivity contribution < 1.29 is 23.5 Å². The Morgan fingerprint density at radius 2 is 1.58 bits per heavy atom. The minimum Gasteiger partial charge on any atom is -0.489 e. The number of amides is 1. The maximum absolute atomic E-state index is 12.3. The van der Waals surface area contributed by atoms with Gasteiger partial charge in [0.05, 0.1) is 12.8 Å². The molecule has 4 rings (SSSR count). The number of hydrogen-bond acceptors (Lipinski definition) is 6. The van der Waals surface area contributed by atoms with Gasteiger partial charge in [-0.3, -0.25) is 4.79 Å². The zero-order valence-electron chi connectivity index (χ0n) is 20.4. The molecule has 1 amide bonds. The number of ether oxygens (including phenoxy) is 2. The molecule has 3 aromatic carbocycles. The van der Waals surface area contributed by atoms with Crippen LogP contribution in [0.3, 0.4) is 0 Å². The van der Waals surface area contributed by atoms with Gasteiger partial charge in [-0.15, -0.1) is 0 Å². The van der Waals surface area contributed by atoms with Gasteiger partial charge in [-0.1, -0.05) is 54.6 Å². The monoisotopic (exact) mass is 504 g/mol. The largest absolute Gasteiger partial charge is 0.489 e. The molecule has 1 N–H and O–H groups in total. The van der Waals surface area contributed by atoms with Crippen LogP contribution in [0.2, 0.25) is 0 Å². The fraction of sp³-hybridized carbons (Fsp3) is 0.0645. The summed E-state index contributed by atoms with van der Waals surface area (Å²) < 4.78 is 16.3. The van der Waals surface area contributed by atoms with Crippen LogP contribution in [0.15, 0.2) is 113 Å². The molecule has 0 atom stereocenters. The van der Waals surface area contributed by atoms with Crippen molar-refractivity contribution in [1.29, 1.82) is 5.26 Å². The van der Waals surface area contributed by atoms with Gasteiger partial charge >= 0.3 is 5.97 Å². The lowest BCUT2D eigenvalue weighted by Crippen LogP contribution is -2.23. The van der Waals surface area contributed by atoms with Crippen LogP contribution in [0.4, 0.5) is 0 Å². The molecule has 0 aliphatic carbocycles. The van der Waals surface area contributed by atoms with Crippen LogP contribution in [0.1, 0.15) is 22.5 Å². The normalized spacial score (nSPS) is 11.1. The summed E-state index contributed by atoms with van der Waals surface area (Å²) in [5, 5.41) is 12.0. The zero-order chi connectivity index (χ0) is 26.6. The number of nitrogens with one attached hydrogen (secondary N) is 1. The van der Waals surface area contributed by atoms with E-state index in [-0.39, 0.29) is 12.1 Å². The quantitative estimate of drug-likeness (QED) is 0.129. The van der Waals surface area contributed by atoms with Gasteiger partial charge in [0.1, 0.15) is 35.5 Å². The first kappa shape index (κ1) is 25.7. The van der Waals surface area contributed by atoms with Crippen LogP contribution in [0.5, 0.6) is 11.5 Å². The van der Waals surface area contributed by atoms with E-state index < -0.39 is 11.9 Å². The number of benzene rings is 3. The van der Waals surface area contributed by atoms with Crippen molar-refractivity contribution in [3.8, 4) is 17.6 Å². The van der Waals surface area contributed by atoms with Crippen molar-refractivity contribution in [2.75, 3.05) is 0 Å². The summed E-state index contributed by atoms with van der Waals surface area (Å²) in [6.45, 7) is 0.660. The molecule has 0 aliphatic rings. The van der Waals surface area contributed by atoms with Gasteiger partial charge in [-0.05, 0) is 65.2 Å². The SMILES string of the molecule is N#C/C(=C\c1ccc(OC(=O)/C=C/c2ccc(OCc3ccccc3)cc2)cc1)C(=O)NCc1ccco1. The summed E-state index contributed by atoms with van der Waals surface area (Å²) in [6, 6.07) is 29.1. The molecule has 0 aliphatic heterocycles. The smallest absolute Gasteiger partial charge is 0.336 e. The Labute approximate surface area is 220 Å². The highest BCUT2D eigenvalue weighted by molar-refractivity contribution is 6.01. The summed E-state index contributed by atoms with van der Waals surface area (Å²) in [5.41, 5.74) is 2.46. The van der Waals surface area contributed by atoms with E-state index in [1.165, 1.54) is 18.4 Å². The predicted molar refractivity (Wildman–Crippen MR) is 142 cm³/mol. The molecular formula is C31H24N2O5. The maximum Gasteiger partial charge on any atom is 0.336 e. The third kappa shape index (κ3) is 7.83. The Morgan fingerprint density at radius 1 is 0.868 bits per heavy atom. The van der Waals surface area contributed by atoms with Crippen LogP contribution in [-0.4, -0.2) is 11.9 Å². The van der Waals surface area contributed by atoms with E-state index in [0.717, 1.165) is 16.9 Å². The van der Waals surface area contributed by atoms with Crippen LogP contribution in [-0.2, 0) is 22.7 Å². The van der Waals surface area contributed by atoms with Crippen molar-refractivity contribution in [3.63, 3.8) is 0 Å². The number of nitriles is 1. The van der Waals surface area contributed by atoms with Gasteiger partial charge in [0, 0.05) is 6.08 Å². The molecule has 7 nitrogen and oxygen atoms in total. The van der Waals surface area contributed by atoms with Gasteiger partial charge in [-0.2, -0.15) is 5.26 Å². The molecular weight excluding hydrogens is 480 g/mol. The Hall–Kier alpha value is -5.35. The summed E-state index contributed by atoms with van der Waals surface area (Å²) >= 11 is 0. The summed E-state index contributed by atoms with van der Waals surface area (Å²) in [5.74, 6) is 0.605. The summed E-state index contributed by atoms with van der Waals surface area (Å²) in [7, 11) is 0. The average molecular weight is 505 g/mol. The first-order chi connectivity index (χ1) is 18.6. The first-order valence-corrected chi connectivity index (χ1v) is 11.8. The van der Waals surface area contributed by atoms with Gasteiger partial charge in [0.2, 0.25) is 0 Å². The molecule has 4 aromatic rings. The van der Waals surface area contributed by atoms with Gasteiger partial charge in [-0.25, -0.2) is 4.79 Å². The van der Waals surface area contributed by atoms with Crippen LogP contribution >= 0.6 is 0 Å². The van der Waals surface area contributed by atoms with E-state index in [2.05, 4.69) is 5.32 Å². The molecule has 38 heavy (non-hydrogen) atoms. The van der Waals surface area contributed by atoms with Crippen LogP contribution in [0, 0.1) is 11.3 Å². The Bertz CT molecular complexity index is 1450. The molecule has 1 heterocycles. The summed E-state index contributed by atoms with van der Waals surface area (Å²) in [6.07, 6.45) is 5.95. The molecule has 0 saturated heterocycles. The molecule has 1 aromatic heterocycles. The van der Waals surface area contributed by atoms with Crippen molar-refractivity contribution in [1.82, 2.24) is 5.32 Å². The fourth-order valence-electron chi connectivity index (χ4n) is 3.35. The highest BCUT2D eigenvalue weighted by Crippen LogP contribution is 2.17. The van der Waals surface area contributed by atoms with Crippen LogP contribution in [0.25, 0.3) is 12.2 Å². The number of furan rings is 1. The lowest BCUT2D eigenvalue weighted by molar-refractivity contribution is -0.128. The zero-order valence-corrected chi connectivity index (χ0v) is 20.4. The average Bonchev–Trinajstić information content (AvgIpc) is 3.48. The lowest BCUT2D eigenvalue weighted by Gasteiger charge is -2.06. The lowest BCUT2D eigenvalue weighted by atomic mass is 10.1. The van der Waals surface area contributed by atoms with Crippen LogP contribution < -0.4 is 14.8 Å². The second kappa shape index (κ2) is 13.1. The minimum absolute atomic E-state index is 0.0549. The van der Waals surface area contributed by atoms with Gasteiger partial charge in [0.25, 0.3) is 5.91 Å². The second-order valence-corrected chi connectivity index (χ2v) is 8.10. The van der Waals surface area contributed by atoms with Crippen molar-refractivity contribution in [2.45, 2.75) is 13.2 Å². The number of rotatable bonds is 10. The van der Waals surface area contributed by atoms with Crippen molar-refractivity contribution in [2.24, 2.45) is 0 Å². The molecule has 0 fully saturated rings. The Morgan fingerprint density at radius 3 is 2.26 bits per heavy atom. The molecule has 0 bridgehead atoms. The molecule has 0 spiro atoms. The van der Waals surface area contributed by atoms with E-state index in [1.54, 1.807) is 42.5 Å². The number of hydrogen-bond donors (Lipinski definition) is 1. The fourth-order valence-corrected chi connectivity index (χ4v) is 3.35. The molecule has 0 radical (unpaired) electrons. The number of carbonyl (C=O) groups excluding carboxylic acids is 2. The third-order valence-electron chi connectivity index (χ3n) is 5.32. The Balaban J connectivity index is 1.27. The highest BCUT2D eigenvalue weighted by atomic mass is 16.5. The summed E-state index contributed by atoms with van der Waals surface area (Å²) in [4.78, 5) is 24.5. The van der Waals surface area contributed by atoms with E-state index >= 15 is 0 Å². The van der Waals surface area contributed by atoms with E-state index in [0.29, 0.717) is 23.7 Å².